The van der Waals surface area contributed by atoms with Gasteiger partial charge in [-0.25, -0.2) is 9.37 Å². The summed E-state index contributed by atoms with van der Waals surface area (Å²) in [4.78, 5) is 55.8. The summed E-state index contributed by atoms with van der Waals surface area (Å²) in [6, 6.07) is 10.2. The normalized spacial score (nSPS) is 16.3. The Bertz CT molecular complexity index is 1700. The molecule has 298 valence electrons. The Morgan fingerprint density at radius 2 is 1.58 bits per heavy atom. The molecule has 12 nitrogen and oxygen atoms in total. The third-order valence-electron chi connectivity index (χ3n) is 10.0. The number of anilines is 2. The molecule has 15 heteroatoms. The zero-order chi connectivity index (χ0) is 39.0. The van der Waals surface area contributed by atoms with Gasteiger partial charge in [0.05, 0.1) is 31.0 Å². The van der Waals surface area contributed by atoms with Gasteiger partial charge in [0.2, 0.25) is 18.1 Å². The van der Waals surface area contributed by atoms with Gasteiger partial charge < -0.3 is 29.9 Å². The van der Waals surface area contributed by atoms with Gasteiger partial charge in [-0.1, -0.05) is 38.5 Å². The predicted octanol–water partition coefficient (Wildman–Crippen LogP) is 5.99. The van der Waals surface area contributed by atoms with Crippen LogP contribution in [0.3, 0.4) is 0 Å². The number of amides is 4. The van der Waals surface area contributed by atoms with Crippen LogP contribution >= 0.6 is 11.3 Å². The number of imide groups is 1. The molecule has 4 amide bonds. The standard InChI is InChI=1S/C40H52F2N6O6S/c1-47(22-19-35(50)45-27-49)29-15-13-28(14-16-29)39(52)44-21-9-7-5-3-2-4-6-8-20-43-36(51)25-54-38-32(17-18-33(41)37(38)42)34-26-55-40(46-34)48-30-11-10-12-31(48)24-53-23-30/h13-18,26-27,30-31H,2-12,19-25H2,1H3,(H,43,51)(H,44,52)(H,45,49,50). The summed E-state index contributed by atoms with van der Waals surface area (Å²) in [5.74, 6) is -3.37. The second-order valence-corrected chi connectivity index (χ2v) is 14.9. The zero-order valence-electron chi connectivity index (χ0n) is 31.5. The van der Waals surface area contributed by atoms with E-state index in [0.29, 0.717) is 56.1 Å². The molecule has 2 unspecified atom stereocenters. The maximum atomic E-state index is 15.0. The quantitative estimate of drug-likeness (QED) is 0.0828. The van der Waals surface area contributed by atoms with Gasteiger partial charge in [-0.15, -0.1) is 11.3 Å². The van der Waals surface area contributed by atoms with Gasteiger partial charge in [0.1, 0.15) is 0 Å². The molecule has 0 saturated carbocycles. The van der Waals surface area contributed by atoms with E-state index in [1.54, 1.807) is 12.1 Å². The average Bonchev–Trinajstić information content (AvgIpc) is 3.67. The largest absolute Gasteiger partial charge is 0.480 e. The number of carbonyl (C=O) groups excluding carboxylic acids is 4. The van der Waals surface area contributed by atoms with Crippen molar-refractivity contribution in [2.75, 3.05) is 56.3 Å². The molecular formula is C40H52F2N6O6S. The van der Waals surface area contributed by atoms with Gasteiger partial charge in [0, 0.05) is 55.3 Å². The number of carbonyl (C=O) groups is 4. The van der Waals surface area contributed by atoms with Crippen LogP contribution in [-0.4, -0.2) is 87.7 Å². The van der Waals surface area contributed by atoms with E-state index in [1.807, 2.05) is 29.5 Å². The van der Waals surface area contributed by atoms with Gasteiger partial charge in [-0.3, -0.25) is 24.5 Å². The van der Waals surface area contributed by atoms with Crippen LogP contribution in [0.2, 0.25) is 0 Å². The number of rotatable bonds is 22. The van der Waals surface area contributed by atoms with Crippen molar-refractivity contribution in [2.45, 2.75) is 89.1 Å². The summed E-state index contributed by atoms with van der Waals surface area (Å²) in [6.45, 7) is 2.39. The molecule has 5 rings (SSSR count). The first kappa shape index (κ1) is 41.5. The highest BCUT2D eigenvalue weighted by atomic mass is 32.1. The van der Waals surface area contributed by atoms with Crippen LogP contribution in [0.4, 0.5) is 19.6 Å². The van der Waals surface area contributed by atoms with E-state index in [4.69, 9.17) is 14.5 Å². The number of hydrogen-bond donors (Lipinski definition) is 3. The molecule has 2 bridgehead atoms. The summed E-state index contributed by atoms with van der Waals surface area (Å²) < 4.78 is 40.5. The Balaban J connectivity index is 0.908. The van der Waals surface area contributed by atoms with Crippen molar-refractivity contribution in [2.24, 2.45) is 0 Å². The molecule has 2 atom stereocenters. The molecule has 2 aliphatic heterocycles. The van der Waals surface area contributed by atoms with Gasteiger partial charge in [0.25, 0.3) is 11.8 Å². The number of fused-ring (bicyclic) bond motifs is 2. The topological polar surface area (TPSA) is 142 Å². The highest BCUT2D eigenvalue weighted by molar-refractivity contribution is 7.14. The average molecular weight is 783 g/mol. The van der Waals surface area contributed by atoms with Crippen LogP contribution in [0.25, 0.3) is 11.3 Å². The number of piperidine rings is 1. The fraction of sp³-hybridized carbons (Fsp3) is 0.525. The summed E-state index contributed by atoms with van der Waals surface area (Å²) in [5.41, 5.74) is 2.23. The lowest BCUT2D eigenvalue weighted by Crippen LogP contribution is -2.55. The first-order valence-corrected chi connectivity index (χ1v) is 20.1. The third kappa shape index (κ3) is 12.2. The number of hydrogen-bond acceptors (Lipinski definition) is 10. The van der Waals surface area contributed by atoms with Crippen molar-refractivity contribution in [1.29, 1.82) is 0 Å². The Morgan fingerprint density at radius 3 is 2.25 bits per heavy atom. The molecule has 0 spiro atoms. The molecule has 0 aliphatic carbocycles. The minimum atomic E-state index is -1.14. The molecule has 1 aromatic heterocycles. The van der Waals surface area contributed by atoms with Crippen LogP contribution in [0.1, 0.15) is 87.4 Å². The van der Waals surface area contributed by atoms with Gasteiger partial charge in [0.15, 0.2) is 23.3 Å². The van der Waals surface area contributed by atoms with Crippen LogP contribution < -0.4 is 30.5 Å². The molecular weight excluding hydrogens is 731 g/mol. The number of aromatic nitrogens is 1. The van der Waals surface area contributed by atoms with Crippen molar-refractivity contribution in [3.63, 3.8) is 0 Å². The molecule has 3 N–H and O–H groups in total. The van der Waals surface area contributed by atoms with Crippen LogP contribution in [0.15, 0.2) is 41.8 Å². The molecule has 2 fully saturated rings. The molecule has 0 radical (unpaired) electrons. The van der Waals surface area contributed by atoms with E-state index in [-0.39, 0.29) is 36.1 Å². The highest BCUT2D eigenvalue weighted by Gasteiger charge is 2.36. The summed E-state index contributed by atoms with van der Waals surface area (Å²) >= 11 is 1.46. The Hall–Kier alpha value is -4.63. The molecule has 3 heterocycles. The zero-order valence-corrected chi connectivity index (χ0v) is 32.3. The molecule has 2 aromatic carbocycles. The van der Waals surface area contributed by atoms with Crippen LogP contribution in [0.5, 0.6) is 5.75 Å². The number of benzene rings is 2. The summed E-state index contributed by atoms with van der Waals surface area (Å²) in [6.07, 6.45) is 11.7. The molecule has 2 aliphatic rings. The minimum Gasteiger partial charge on any atom is -0.480 e. The Kier molecular flexibility index (Phi) is 16.2. The number of nitrogens with zero attached hydrogens (tertiary/aromatic N) is 3. The maximum Gasteiger partial charge on any atom is 0.257 e. The van der Waals surface area contributed by atoms with E-state index < -0.39 is 24.1 Å². The number of unbranched alkanes of at least 4 members (excludes halogenated alkanes) is 7. The molecule has 2 saturated heterocycles. The second kappa shape index (κ2) is 21.5. The van der Waals surface area contributed by atoms with Crippen molar-refractivity contribution >= 4 is 46.3 Å². The number of halogens is 2. The van der Waals surface area contributed by atoms with Gasteiger partial charge >= 0.3 is 0 Å². The lowest BCUT2D eigenvalue weighted by Gasteiger charge is -2.45. The fourth-order valence-corrected chi connectivity index (χ4v) is 7.93. The lowest BCUT2D eigenvalue weighted by atomic mass is 9.95. The lowest BCUT2D eigenvalue weighted by molar-refractivity contribution is -0.125. The maximum absolute atomic E-state index is 15.0. The Morgan fingerprint density at radius 1 is 0.927 bits per heavy atom. The summed E-state index contributed by atoms with van der Waals surface area (Å²) in [7, 11) is 1.84. The highest BCUT2D eigenvalue weighted by Crippen LogP contribution is 2.39. The number of thiazole rings is 1. The first-order valence-electron chi connectivity index (χ1n) is 19.3. The molecule has 55 heavy (non-hydrogen) atoms. The number of morpholine rings is 1. The number of ether oxygens (including phenoxy) is 2. The van der Waals surface area contributed by atoms with E-state index in [0.717, 1.165) is 87.5 Å². The van der Waals surface area contributed by atoms with Crippen LogP contribution in [-0.2, 0) is 19.1 Å². The van der Waals surface area contributed by atoms with Crippen molar-refractivity contribution in [3.8, 4) is 17.0 Å². The van der Waals surface area contributed by atoms with Gasteiger partial charge in [-0.05, 0) is 68.5 Å². The fourth-order valence-electron chi connectivity index (χ4n) is 6.96. The number of nitrogens with one attached hydrogen (secondary N) is 3. The predicted molar refractivity (Wildman–Crippen MR) is 209 cm³/mol. The van der Waals surface area contributed by atoms with Crippen molar-refractivity contribution in [3.05, 3.63) is 59.0 Å². The van der Waals surface area contributed by atoms with E-state index in [2.05, 4.69) is 20.9 Å². The van der Waals surface area contributed by atoms with E-state index >= 15 is 0 Å². The monoisotopic (exact) mass is 782 g/mol. The molecule has 3 aromatic rings. The van der Waals surface area contributed by atoms with Gasteiger partial charge in [-0.2, -0.15) is 4.39 Å². The van der Waals surface area contributed by atoms with E-state index in [9.17, 15) is 28.0 Å². The third-order valence-corrected chi connectivity index (χ3v) is 10.9. The smallest absolute Gasteiger partial charge is 0.257 e. The van der Waals surface area contributed by atoms with Crippen molar-refractivity contribution < 1.29 is 37.4 Å². The minimum absolute atomic E-state index is 0.125. The Labute approximate surface area is 325 Å². The summed E-state index contributed by atoms with van der Waals surface area (Å²) in [5, 5.41) is 10.5. The van der Waals surface area contributed by atoms with Crippen molar-refractivity contribution in [1.82, 2.24) is 20.9 Å². The van der Waals surface area contributed by atoms with Crippen LogP contribution in [0, 0.1) is 11.6 Å². The van der Waals surface area contributed by atoms with E-state index in [1.165, 1.54) is 17.4 Å². The second-order valence-electron chi connectivity index (χ2n) is 14.1. The SMILES string of the molecule is CN(CCC(=O)NC=O)c1ccc(C(=O)NCCCCCCCCCCNC(=O)COc2c(-c3csc(N4C5CCCC4COC5)n3)ccc(F)c2F)cc1. The first-order chi connectivity index (χ1) is 26.7.